The van der Waals surface area contributed by atoms with Crippen molar-refractivity contribution in [1.29, 1.82) is 0 Å². The Kier molecular flexibility index (Phi) is 2.77. The molecule has 0 N–H and O–H groups in total. The highest BCUT2D eigenvalue weighted by Gasteiger charge is 2.58. The van der Waals surface area contributed by atoms with E-state index in [1.165, 1.54) is 0 Å². The van der Waals surface area contributed by atoms with Gasteiger partial charge in [-0.05, 0) is 19.8 Å². The Morgan fingerprint density at radius 3 is 2.38 bits per heavy atom. The number of carbonyl (C=O) groups excluding carboxylic acids is 1. The van der Waals surface area contributed by atoms with Gasteiger partial charge in [-0.3, -0.25) is 4.79 Å². The van der Waals surface area contributed by atoms with Gasteiger partial charge < -0.3 is 4.74 Å². The quantitative estimate of drug-likeness (QED) is 0.737. The SMILES string of the molecule is CC(OC1CC(=O)C12CCCC2)C(F)(F)F. The Labute approximate surface area is 92.1 Å². The second-order valence-corrected chi connectivity index (χ2v) is 4.80. The molecule has 2 saturated carbocycles. The van der Waals surface area contributed by atoms with Crippen molar-refractivity contribution in [2.75, 3.05) is 0 Å². The molecule has 0 heterocycles. The predicted octanol–water partition coefficient (Wildman–Crippen LogP) is 2.86. The predicted molar refractivity (Wildman–Crippen MR) is 50.9 cm³/mol. The molecular formula is C11H15F3O2. The zero-order chi connectivity index (χ0) is 12.0. The van der Waals surface area contributed by atoms with Gasteiger partial charge in [-0.1, -0.05) is 12.8 Å². The van der Waals surface area contributed by atoms with E-state index in [0.29, 0.717) is 12.8 Å². The van der Waals surface area contributed by atoms with E-state index in [-0.39, 0.29) is 12.2 Å². The first-order valence-corrected chi connectivity index (χ1v) is 5.62. The van der Waals surface area contributed by atoms with Crippen molar-refractivity contribution in [2.24, 2.45) is 5.41 Å². The molecule has 0 bridgehead atoms. The summed E-state index contributed by atoms with van der Waals surface area (Å²) in [5, 5.41) is 0. The smallest absolute Gasteiger partial charge is 0.364 e. The largest absolute Gasteiger partial charge is 0.414 e. The molecular weight excluding hydrogens is 221 g/mol. The van der Waals surface area contributed by atoms with Crippen LogP contribution in [0.15, 0.2) is 0 Å². The van der Waals surface area contributed by atoms with E-state index in [0.717, 1.165) is 19.8 Å². The van der Waals surface area contributed by atoms with Gasteiger partial charge in [0.05, 0.1) is 11.5 Å². The van der Waals surface area contributed by atoms with Crippen LogP contribution < -0.4 is 0 Å². The molecule has 0 aromatic rings. The lowest BCUT2D eigenvalue weighted by Gasteiger charge is -2.46. The van der Waals surface area contributed by atoms with E-state index >= 15 is 0 Å². The summed E-state index contributed by atoms with van der Waals surface area (Å²) in [5.41, 5.74) is -0.570. The Balaban J connectivity index is 1.99. The Morgan fingerprint density at radius 1 is 1.38 bits per heavy atom. The fraction of sp³-hybridized carbons (Fsp3) is 0.909. The summed E-state index contributed by atoms with van der Waals surface area (Å²) in [5.74, 6) is 0.0874. The summed E-state index contributed by atoms with van der Waals surface area (Å²) in [6, 6.07) is 0. The lowest BCUT2D eigenvalue weighted by molar-refractivity contribution is -0.248. The van der Waals surface area contributed by atoms with Crippen LogP contribution in [-0.2, 0) is 9.53 Å². The molecule has 1 spiro atoms. The third-order valence-corrected chi connectivity index (χ3v) is 3.87. The van der Waals surface area contributed by atoms with Gasteiger partial charge in [0.2, 0.25) is 0 Å². The van der Waals surface area contributed by atoms with Gasteiger partial charge in [0, 0.05) is 6.42 Å². The van der Waals surface area contributed by atoms with Gasteiger partial charge in [-0.15, -0.1) is 0 Å². The molecule has 16 heavy (non-hydrogen) atoms. The van der Waals surface area contributed by atoms with E-state index in [1.807, 2.05) is 0 Å². The molecule has 2 atom stereocenters. The molecule has 0 radical (unpaired) electrons. The Hall–Kier alpha value is -0.580. The molecule has 0 amide bonds. The minimum absolute atomic E-state index is 0.0874. The number of hydrogen-bond acceptors (Lipinski definition) is 2. The van der Waals surface area contributed by atoms with E-state index in [1.54, 1.807) is 0 Å². The van der Waals surface area contributed by atoms with E-state index in [2.05, 4.69) is 0 Å². The summed E-state index contributed by atoms with van der Waals surface area (Å²) in [6.45, 7) is 1.01. The highest BCUT2D eigenvalue weighted by atomic mass is 19.4. The van der Waals surface area contributed by atoms with Crippen LogP contribution in [0.2, 0.25) is 0 Å². The van der Waals surface area contributed by atoms with Gasteiger partial charge in [0.25, 0.3) is 0 Å². The molecule has 0 saturated heterocycles. The van der Waals surface area contributed by atoms with Gasteiger partial charge in [-0.25, -0.2) is 0 Å². The minimum Gasteiger partial charge on any atom is -0.364 e. The highest BCUT2D eigenvalue weighted by molar-refractivity contribution is 5.92. The lowest BCUT2D eigenvalue weighted by atomic mass is 9.63. The molecule has 2 fully saturated rings. The summed E-state index contributed by atoms with van der Waals surface area (Å²) in [4.78, 5) is 11.5. The molecule has 0 aromatic heterocycles. The zero-order valence-electron chi connectivity index (χ0n) is 9.14. The van der Waals surface area contributed by atoms with Crippen molar-refractivity contribution in [2.45, 2.75) is 57.4 Å². The maximum atomic E-state index is 12.3. The maximum Gasteiger partial charge on any atom is 0.414 e. The number of hydrogen-bond donors (Lipinski definition) is 0. The summed E-state index contributed by atoms with van der Waals surface area (Å²) < 4.78 is 42.0. The first-order chi connectivity index (χ1) is 7.36. The molecule has 0 aromatic carbocycles. The second-order valence-electron chi connectivity index (χ2n) is 4.80. The van der Waals surface area contributed by atoms with Gasteiger partial charge in [0.1, 0.15) is 5.78 Å². The number of Topliss-reactive ketones (excluding diaryl/α,β-unsaturated/α-hetero) is 1. The minimum atomic E-state index is -4.33. The number of alkyl halides is 3. The van der Waals surface area contributed by atoms with E-state index in [4.69, 9.17) is 4.74 Å². The topological polar surface area (TPSA) is 26.3 Å². The van der Waals surface area contributed by atoms with Crippen LogP contribution in [0.4, 0.5) is 13.2 Å². The van der Waals surface area contributed by atoms with Gasteiger partial charge in [-0.2, -0.15) is 13.2 Å². The molecule has 2 rings (SSSR count). The van der Waals surface area contributed by atoms with Crippen LogP contribution in [0.5, 0.6) is 0 Å². The van der Waals surface area contributed by atoms with Crippen LogP contribution >= 0.6 is 0 Å². The van der Waals surface area contributed by atoms with Crippen LogP contribution in [-0.4, -0.2) is 24.2 Å². The average molecular weight is 236 g/mol. The fourth-order valence-corrected chi connectivity index (χ4v) is 2.72. The Morgan fingerprint density at radius 2 is 1.94 bits per heavy atom. The first-order valence-electron chi connectivity index (χ1n) is 5.62. The molecule has 92 valence electrons. The van der Waals surface area contributed by atoms with Crippen LogP contribution in [0.25, 0.3) is 0 Å². The summed E-state index contributed by atoms with van der Waals surface area (Å²) in [6.07, 6.45) is -3.24. The van der Waals surface area contributed by atoms with Crippen molar-refractivity contribution in [3.8, 4) is 0 Å². The molecule has 5 heteroatoms. The number of ketones is 1. The maximum absolute atomic E-state index is 12.3. The normalized spacial score (nSPS) is 30.5. The number of ether oxygens (including phenoxy) is 1. The standard InChI is InChI=1S/C11H15F3O2/c1-7(11(12,13)14)16-9-6-8(15)10(9)4-2-3-5-10/h7,9H,2-6H2,1H3. The average Bonchev–Trinajstić information content (AvgIpc) is 2.66. The van der Waals surface area contributed by atoms with Crippen LogP contribution in [0.1, 0.15) is 39.0 Å². The van der Waals surface area contributed by atoms with E-state index in [9.17, 15) is 18.0 Å². The molecule has 2 aliphatic rings. The zero-order valence-corrected chi connectivity index (χ0v) is 9.14. The lowest BCUT2D eigenvalue weighted by Crippen LogP contribution is -2.55. The number of rotatable bonds is 2. The molecule has 2 aliphatic carbocycles. The third kappa shape index (κ3) is 1.75. The van der Waals surface area contributed by atoms with Crippen molar-refractivity contribution in [3.63, 3.8) is 0 Å². The van der Waals surface area contributed by atoms with Gasteiger partial charge >= 0.3 is 6.18 Å². The second kappa shape index (κ2) is 3.72. The van der Waals surface area contributed by atoms with Crippen LogP contribution in [0.3, 0.4) is 0 Å². The molecule has 0 aliphatic heterocycles. The van der Waals surface area contributed by atoms with Gasteiger partial charge in [0.15, 0.2) is 6.10 Å². The van der Waals surface area contributed by atoms with Crippen molar-refractivity contribution >= 4 is 5.78 Å². The first kappa shape index (κ1) is 11.9. The Bertz CT molecular complexity index is 292. The number of carbonyl (C=O) groups is 1. The third-order valence-electron chi connectivity index (χ3n) is 3.87. The van der Waals surface area contributed by atoms with Crippen molar-refractivity contribution in [3.05, 3.63) is 0 Å². The van der Waals surface area contributed by atoms with Crippen LogP contribution in [0, 0.1) is 5.41 Å². The van der Waals surface area contributed by atoms with Crippen molar-refractivity contribution in [1.82, 2.24) is 0 Å². The highest BCUT2D eigenvalue weighted by Crippen LogP contribution is 2.52. The van der Waals surface area contributed by atoms with E-state index < -0.39 is 23.8 Å². The summed E-state index contributed by atoms with van der Waals surface area (Å²) >= 11 is 0. The summed E-state index contributed by atoms with van der Waals surface area (Å²) in [7, 11) is 0. The molecule has 2 nitrogen and oxygen atoms in total. The monoisotopic (exact) mass is 236 g/mol. The molecule has 2 unspecified atom stereocenters. The van der Waals surface area contributed by atoms with Crippen molar-refractivity contribution < 1.29 is 22.7 Å². The fourth-order valence-electron chi connectivity index (χ4n) is 2.72. The number of halogens is 3.